The minimum atomic E-state index is 0.222. The predicted molar refractivity (Wildman–Crippen MR) is 85.3 cm³/mol. The summed E-state index contributed by atoms with van der Waals surface area (Å²) in [6.07, 6.45) is 5.62. The number of hydrogen-bond donors (Lipinski definition) is 1. The number of nitrogens with one attached hydrogen (secondary N) is 1. The Morgan fingerprint density at radius 2 is 2.05 bits per heavy atom. The highest BCUT2D eigenvalue weighted by molar-refractivity contribution is 5.27. The molecule has 1 aliphatic rings. The van der Waals surface area contributed by atoms with E-state index in [0.29, 0.717) is 6.04 Å². The number of likely N-dealkylation sites (N-methyl/N-ethyl adjacent to an activating group) is 1. The summed E-state index contributed by atoms with van der Waals surface area (Å²) in [5.74, 6) is 1.05. The van der Waals surface area contributed by atoms with Crippen molar-refractivity contribution in [3.8, 4) is 0 Å². The lowest BCUT2D eigenvalue weighted by Crippen LogP contribution is -2.46. The molecule has 0 spiro atoms. The van der Waals surface area contributed by atoms with Gasteiger partial charge in [0.1, 0.15) is 5.76 Å². The minimum absolute atomic E-state index is 0.222. The van der Waals surface area contributed by atoms with E-state index in [2.05, 4.69) is 46.6 Å². The number of rotatable bonds is 5. The zero-order chi connectivity index (χ0) is 14.5. The lowest BCUT2D eigenvalue weighted by Gasteiger charge is -2.40. The minimum Gasteiger partial charge on any atom is -0.467 e. The second-order valence-corrected chi connectivity index (χ2v) is 5.77. The maximum atomic E-state index is 5.77. The van der Waals surface area contributed by atoms with Crippen molar-refractivity contribution >= 4 is 0 Å². The second kappa shape index (κ2) is 6.92. The number of furan rings is 1. The van der Waals surface area contributed by atoms with E-state index in [1.165, 1.54) is 24.8 Å². The highest BCUT2D eigenvalue weighted by Gasteiger charge is 2.31. The van der Waals surface area contributed by atoms with Gasteiger partial charge >= 0.3 is 0 Å². The van der Waals surface area contributed by atoms with E-state index in [4.69, 9.17) is 4.42 Å². The normalized spacial score (nSPS) is 21.3. The van der Waals surface area contributed by atoms with Gasteiger partial charge in [0.15, 0.2) is 0 Å². The highest BCUT2D eigenvalue weighted by atomic mass is 16.3. The van der Waals surface area contributed by atoms with Crippen LogP contribution < -0.4 is 5.32 Å². The van der Waals surface area contributed by atoms with Gasteiger partial charge in [-0.25, -0.2) is 0 Å². The molecule has 2 heterocycles. The molecule has 2 unspecified atom stereocenters. The number of likely N-dealkylation sites (tertiary alicyclic amines) is 1. The average Bonchev–Trinajstić information content (AvgIpc) is 3.05. The van der Waals surface area contributed by atoms with Crippen LogP contribution in [-0.2, 0) is 0 Å². The molecule has 1 N–H and O–H groups in total. The van der Waals surface area contributed by atoms with Crippen LogP contribution in [0.5, 0.6) is 0 Å². The van der Waals surface area contributed by atoms with Crippen molar-refractivity contribution in [1.29, 1.82) is 0 Å². The fraction of sp³-hybridized carbons (Fsp3) is 0.444. The van der Waals surface area contributed by atoms with Crippen molar-refractivity contribution in [2.24, 2.45) is 0 Å². The SMILES string of the molecule is CNCC1CCCCN1C(c1ccccc1)c1ccco1. The molecule has 0 aliphatic carbocycles. The van der Waals surface area contributed by atoms with Crippen LogP contribution in [0.1, 0.15) is 36.6 Å². The van der Waals surface area contributed by atoms with Gasteiger partial charge in [0.25, 0.3) is 0 Å². The fourth-order valence-electron chi connectivity index (χ4n) is 3.42. The molecule has 0 saturated carbocycles. The van der Waals surface area contributed by atoms with Crippen LogP contribution in [-0.4, -0.2) is 31.1 Å². The van der Waals surface area contributed by atoms with E-state index < -0.39 is 0 Å². The maximum absolute atomic E-state index is 5.77. The van der Waals surface area contributed by atoms with Crippen molar-refractivity contribution in [3.63, 3.8) is 0 Å². The molecule has 1 fully saturated rings. The van der Waals surface area contributed by atoms with Gasteiger partial charge in [-0.2, -0.15) is 0 Å². The van der Waals surface area contributed by atoms with Crippen LogP contribution in [0, 0.1) is 0 Å². The summed E-state index contributed by atoms with van der Waals surface area (Å²) < 4.78 is 5.77. The van der Waals surface area contributed by atoms with E-state index in [1.54, 1.807) is 6.26 Å². The molecule has 3 heteroatoms. The summed E-state index contributed by atoms with van der Waals surface area (Å²) in [7, 11) is 2.04. The van der Waals surface area contributed by atoms with E-state index in [1.807, 2.05) is 13.1 Å². The first kappa shape index (κ1) is 14.4. The Labute approximate surface area is 127 Å². The third-order valence-corrected chi connectivity index (χ3v) is 4.37. The van der Waals surface area contributed by atoms with Gasteiger partial charge in [0.2, 0.25) is 0 Å². The van der Waals surface area contributed by atoms with Gasteiger partial charge in [-0.3, -0.25) is 4.90 Å². The molecule has 0 radical (unpaired) electrons. The number of hydrogen-bond acceptors (Lipinski definition) is 3. The Balaban J connectivity index is 1.94. The molecule has 1 saturated heterocycles. The van der Waals surface area contributed by atoms with Crippen LogP contribution in [0.15, 0.2) is 53.1 Å². The van der Waals surface area contributed by atoms with E-state index in [-0.39, 0.29) is 6.04 Å². The fourth-order valence-corrected chi connectivity index (χ4v) is 3.42. The van der Waals surface area contributed by atoms with Gasteiger partial charge in [0.05, 0.1) is 12.3 Å². The van der Waals surface area contributed by atoms with Gasteiger partial charge in [-0.15, -0.1) is 0 Å². The summed E-state index contributed by atoms with van der Waals surface area (Å²) in [6, 6.07) is 15.6. The molecule has 3 rings (SSSR count). The number of benzene rings is 1. The van der Waals surface area contributed by atoms with Crippen molar-refractivity contribution < 1.29 is 4.42 Å². The van der Waals surface area contributed by atoms with Crippen molar-refractivity contribution in [2.45, 2.75) is 31.3 Å². The standard InChI is InChI=1S/C18H24N2O/c1-19-14-16-10-5-6-12-20(16)18(17-11-7-13-21-17)15-8-3-2-4-9-15/h2-4,7-9,11,13,16,18-19H,5-6,10,12,14H2,1H3. The Bertz CT molecular complexity index is 521. The van der Waals surface area contributed by atoms with Crippen molar-refractivity contribution in [3.05, 3.63) is 60.1 Å². The molecule has 21 heavy (non-hydrogen) atoms. The maximum Gasteiger partial charge on any atom is 0.125 e. The van der Waals surface area contributed by atoms with Crippen molar-refractivity contribution in [2.75, 3.05) is 20.1 Å². The molecule has 0 bridgehead atoms. The molecule has 1 aromatic carbocycles. The highest BCUT2D eigenvalue weighted by Crippen LogP contribution is 2.33. The molecular formula is C18H24N2O. The van der Waals surface area contributed by atoms with Crippen LogP contribution in [0.4, 0.5) is 0 Å². The summed E-state index contributed by atoms with van der Waals surface area (Å²) in [5.41, 5.74) is 1.32. The molecule has 2 atom stereocenters. The molecule has 112 valence electrons. The zero-order valence-corrected chi connectivity index (χ0v) is 12.7. The lowest BCUT2D eigenvalue weighted by atomic mass is 9.95. The van der Waals surface area contributed by atoms with Crippen LogP contribution in [0.2, 0.25) is 0 Å². The first-order valence-electron chi connectivity index (χ1n) is 7.89. The van der Waals surface area contributed by atoms with Crippen LogP contribution >= 0.6 is 0 Å². The summed E-state index contributed by atoms with van der Waals surface area (Å²) in [6.45, 7) is 2.16. The third kappa shape index (κ3) is 3.20. The smallest absolute Gasteiger partial charge is 0.125 e. The molecular weight excluding hydrogens is 260 g/mol. The molecule has 3 nitrogen and oxygen atoms in total. The second-order valence-electron chi connectivity index (χ2n) is 5.77. The Morgan fingerprint density at radius 3 is 2.76 bits per heavy atom. The Morgan fingerprint density at radius 1 is 1.19 bits per heavy atom. The molecule has 1 aliphatic heterocycles. The van der Waals surface area contributed by atoms with E-state index >= 15 is 0 Å². The average molecular weight is 284 g/mol. The predicted octanol–water partition coefficient (Wildman–Crippen LogP) is 3.44. The summed E-state index contributed by atoms with van der Waals surface area (Å²) in [5, 5.41) is 3.35. The molecule has 0 amide bonds. The van der Waals surface area contributed by atoms with Gasteiger partial charge in [-0.05, 0) is 44.1 Å². The first-order chi connectivity index (χ1) is 10.4. The van der Waals surface area contributed by atoms with Crippen LogP contribution in [0.3, 0.4) is 0 Å². The Kier molecular flexibility index (Phi) is 4.73. The van der Waals surface area contributed by atoms with E-state index in [0.717, 1.165) is 18.8 Å². The largest absolute Gasteiger partial charge is 0.467 e. The summed E-state index contributed by atoms with van der Waals surface area (Å²) in [4.78, 5) is 2.61. The van der Waals surface area contributed by atoms with Crippen LogP contribution in [0.25, 0.3) is 0 Å². The monoisotopic (exact) mass is 284 g/mol. The van der Waals surface area contributed by atoms with Gasteiger partial charge < -0.3 is 9.73 Å². The van der Waals surface area contributed by atoms with Gasteiger partial charge in [0, 0.05) is 12.6 Å². The Hall–Kier alpha value is -1.58. The lowest BCUT2D eigenvalue weighted by molar-refractivity contribution is 0.102. The zero-order valence-electron chi connectivity index (χ0n) is 12.7. The molecule has 2 aromatic rings. The number of piperidine rings is 1. The quantitative estimate of drug-likeness (QED) is 0.911. The molecule has 1 aromatic heterocycles. The number of nitrogens with zero attached hydrogens (tertiary/aromatic N) is 1. The van der Waals surface area contributed by atoms with Gasteiger partial charge in [-0.1, -0.05) is 36.8 Å². The topological polar surface area (TPSA) is 28.4 Å². The van der Waals surface area contributed by atoms with Crippen molar-refractivity contribution in [1.82, 2.24) is 10.2 Å². The summed E-state index contributed by atoms with van der Waals surface area (Å²) >= 11 is 0. The third-order valence-electron chi connectivity index (χ3n) is 4.37. The first-order valence-corrected chi connectivity index (χ1v) is 7.89. The van der Waals surface area contributed by atoms with E-state index in [9.17, 15) is 0 Å².